The van der Waals surface area contributed by atoms with Crippen molar-refractivity contribution in [3.05, 3.63) is 71.9 Å². The fourth-order valence-corrected chi connectivity index (χ4v) is 2.18. The molecule has 3 aromatic rings. The van der Waals surface area contributed by atoms with Crippen molar-refractivity contribution in [3.63, 3.8) is 0 Å². The number of nitrogens with two attached hydrogens (primary N) is 1. The van der Waals surface area contributed by atoms with E-state index in [9.17, 15) is 4.79 Å². The van der Waals surface area contributed by atoms with E-state index in [1.807, 2.05) is 49.4 Å². The quantitative estimate of drug-likeness (QED) is 0.392. The first-order valence-corrected chi connectivity index (χ1v) is 7.45. The largest absolute Gasteiger partial charge is 0.399 e. The molecule has 0 aliphatic heterocycles. The summed E-state index contributed by atoms with van der Waals surface area (Å²) in [6.45, 7) is 1.81. The SMILES string of the molecule is C/C(=N\NC(=O)c1cc(-c2ccccc2)n[nH]1)c1ccc(N)cc1. The molecule has 1 heterocycles. The minimum absolute atomic E-state index is 0.348. The number of aromatic amines is 1. The van der Waals surface area contributed by atoms with Crippen molar-refractivity contribution in [2.75, 3.05) is 5.73 Å². The predicted octanol–water partition coefficient (Wildman–Crippen LogP) is 2.81. The Bertz CT molecular complexity index is 866. The van der Waals surface area contributed by atoms with Crippen molar-refractivity contribution >= 4 is 17.3 Å². The number of amides is 1. The fraction of sp³-hybridized carbons (Fsp3) is 0.0556. The van der Waals surface area contributed by atoms with E-state index in [4.69, 9.17) is 5.73 Å². The Morgan fingerprint density at radius 2 is 1.83 bits per heavy atom. The van der Waals surface area contributed by atoms with Gasteiger partial charge in [0.2, 0.25) is 0 Å². The smallest absolute Gasteiger partial charge is 0.289 e. The van der Waals surface area contributed by atoms with Crippen LogP contribution in [0.15, 0.2) is 65.8 Å². The van der Waals surface area contributed by atoms with Crippen LogP contribution >= 0.6 is 0 Å². The number of H-pyrrole nitrogens is 1. The van der Waals surface area contributed by atoms with Crippen LogP contribution in [-0.4, -0.2) is 21.8 Å². The molecule has 0 atom stereocenters. The van der Waals surface area contributed by atoms with Gasteiger partial charge in [-0.3, -0.25) is 9.89 Å². The molecule has 0 unspecified atom stereocenters. The molecule has 6 heteroatoms. The van der Waals surface area contributed by atoms with E-state index in [1.165, 1.54) is 0 Å². The Balaban J connectivity index is 1.70. The summed E-state index contributed by atoms with van der Waals surface area (Å²) in [5.74, 6) is -0.348. The maximum atomic E-state index is 12.2. The van der Waals surface area contributed by atoms with Crippen LogP contribution in [0.2, 0.25) is 0 Å². The summed E-state index contributed by atoms with van der Waals surface area (Å²) in [6.07, 6.45) is 0. The number of nitrogen functional groups attached to an aromatic ring is 1. The van der Waals surface area contributed by atoms with Crippen LogP contribution in [-0.2, 0) is 0 Å². The van der Waals surface area contributed by atoms with E-state index < -0.39 is 0 Å². The van der Waals surface area contributed by atoms with Crippen molar-refractivity contribution in [2.24, 2.45) is 5.10 Å². The number of benzene rings is 2. The van der Waals surface area contributed by atoms with Crippen LogP contribution in [0.5, 0.6) is 0 Å². The molecule has 4 N–H and O–H groups in total. The van der Waals surface area contributed by atoms with Gasteiger partial charge in [-0.05, 0) is 30.7 Å². The molecular weight excluding hydrogens is 302 g/mol. The van der Waals surface area contributed by atoms with Gasteiger partial charge in [-0.25, -0.2) is 5.43 Å². The molecule has 0 radical (unpaired) electrons. The molecule has 3 rings (SSSR count). The lowest BCUT2D eigenvalue weighted by molar-refractivity contribution is 0.0950. The van der Waals surface area contributed by atoms with Gasteiger partial charge in [-0.2, -0.15) is 10.2 Å². The lowest BCUT2D eigenvalue weighted by atomic mass is 10.1. The summed E-state index contributed by atoms with van der Waals surface area (Å²) in [6, 6.07) is 18.6. The molecule has 120 valence electrons. The highest BCUT2D eigenvalue weighted by molar-refractivity contribution is 6.00. The topological polar surface area (TPSA) is 96.2 Å². The van der Waals surface area contributed by atoms with E-state index in [2.05, 4.69) is 20.7 Å². The van der Waals surface area contributed by atoms with Crippen molar-refractivity contribution < 1.29 is 4.79 Å². The van der Waals surface area contributed by atoms with Crippen molar-refractivity contribution in [1.82, 2.24) is 15.6 Å². The Kier molecular flexibility index (Phi) is 4.38. The van der Waals surface area contributed by atoms with Crippen molar-refractivity contribution in [1.29, 1.82) is 0 Å². The minimum Gasteiger partial charge on any atom is -0.399 e. The molecule has 0 fully saturated rings. The molecule has 1 aromatic heterocycles. The number of hydrogen-bond donors (Lipinski definition) is 3. The predicted molar refractivity (Wildman–Crippen MR) is 94.6 cm³/mol. The monoisotopic (exact) mass is 319 g/mol. The molecule has 0 saturated heterocycles. The second kappa shape index (κ2) is 6.78. The van der Waals surface area contributed by atoms with Gasteiger partial charge in [0.15, 0.2) is 0 Å². The molecular formula is C18H17N5O. The second-order valence-electron chi connectivity index (χ2n) is 5.29. The average molecular weight is 319 g/mol. The van der Waals surface area contributed by atoms with Gasteiger partial charge in [0.25, 0.3) is 5.91 Å². The zero-order valence-electron chi connectivity index (χ0n) is 13.2. The van der Waals surface area contributed by atoms with Crippen molar-refractivity contribution in [3.8, 4) is 11.3 Å². The summed E-state index contributed by atoms with van der Waals surface area (Å²) in [4.78, 5) is 12.2. The number of rotatable bonds is 4. The molecule has 0 saturated carbocycles. The second-order valence-corrected chi connectivity index (χ2v) is 5.29. The maximum absolute atomic E-state index is 12.2. The fourth-order valence-electron chi connectivity index (χ4n) is 2.18. The normalized spacial score (nSPS) is 11.3. The third-order valence-electron chi connectivity index (χ3n) is 3.55. The zero-order valence-corrected chi connectivity index (χ0v) is 13.2. The van der Waals surface area contributed by atoms with Crippen molar-refractivity contribution in [2.45, 2.75) is 6.92 Å². The number of nitrogens with one attached hydrogen (secondary N) is 2. The molecule has 24 heavy (non-hydrogen) atoms. The van der Waals surface area contributed by atoms with Gasteiger partial charge < -0.3 is 5.73 Å². The van der Waals surface area contributed by atoms with Gasteiger partial charge in [-0.1, -0.05) is 42.5 Å². The maximum Gasteiger partial charge on any atom is 0.289 e. The van der Waals surface area contributed by atoms with E-state index in [0.717, 1.165) is 11.1 Å². The number of hydrogen-bond acceptors (Lipinski definition) is 4. The number of anilines is 1. The summed E-state index contributed by atoms with van der Waals surface area (Å²) in [7, 11) is 0. The highest BCUT2D eigenvalue weighted by Gasteiger charge is 2.10. The van der Waals surface area contributed by atoms with E-state index in [1.54, 1.807) is 18.2 Å². The first kappa shape index (κ1) is 15.5. The Morgan fingerprint density at radius 1 is 1.12 bits per heavy atom. The standard InChI is InChI=1S/C18H17N5O/c1-12(13-7-9-15(19)10-8-13)20-23-18(24)17-11-16(21-22-17)14-5-3-2-4-6-14/h2-11H,19H2,1H3,(H,21,22)(H,23,24)/b20-12+. The Morgan fingerprint density at radius 3 is 2.54 bits per heavy atom. The molecule has 2 aromatic carbocycles. The Hall–Kier alpha value is -3.41. The number of carbonyl (C=O) groups excluding carboxylic acids is 1. The zero-order chi connectivity index (χ0) is 16.9. The van der Waals surface area contributed by atoms with Crippen LogP contribution < -0.4 is 11.2 Å². The number of aromatic nitrogens is 2. The van der Waals surface area contributed by atoms with E-state index in [-0.39, 0.29) is 5.91 Å². The van der Waals surface area contributed by atoms with Crippen LogP contribution in [0.4, 0.5) is 5.69 Å². The van der Waals surface area contributed by atoms with E-state index in [0.29, 0.717) is 22.8 Å². The summed E-state index contributed by atoms with van der Waals surface area (Å²) < 4.78 is 0. The van der Waals surface area contributed by atoms with Crippen LogP contribution in [0, 0.1) is 0 Å². The van der Waals surface area contributed by atoms with Gasteiger partial charge >= 0.3 is 0 Å². The molecule has 1 amide bonds. The van der Waals surface area contributed by atoms with Gasteiger partial charge in [-0.15, -0.1) is 0 Å². The first-order valence-electron chi connectivity index (χ1n) is 7.45. The van der Waals surface area contributed by atoms with Crippen LogP contribution in [0.1, 0.15) is 23.0 Å². The molecule has 0 aliphatic carbocycles. The summed E-state index contributed by atoms with van der Waals surface area (Å²) in [5.41, 5.74) is 12.4. The number of carbonyl (C=O) groups is 1. The van der Waals surface area contributed by atoms with Gasteiger partial charge in [0.1, 0.15) is 5.69 Å². The molecule has 0 bridgehead atoms. The number of nitrogens with zero attached hydrogens (tertiary/aromatic N) is 2. The third kappa shape index (κ3) is 3.49. The van der Waals surface area contributed by atoms with Gasteiger partial charge in [0, 0.05) is 11.3 Å². The first-order chi connectivity index (χ1) is 11.6. The summed E-state index contributed by atoms with van der Waals surface area (Å²) in [5, 5.41) is 11.0. The highest BCUT2D eigenvalue weighted by atomic mass is 16.2. The Labute approximate surface area is 139 Å². The summed E-state index contributed by atoms with van der Waals surface area (Å²) >= 11 is 0. The number of hydrazone groups is 1. The minimum atomic E-state index is -0.348. The van der Waals surface area contributed by atoms with Crippen LogP contribution in [0.25, 0.3) is 11.3 Å². The lowest BCUT2D eigenvalue weighted by Crippen LogP contribution is -2.19. The average Bonchev–Trinajstić information content (AvgIpc) is 3.11. The van der Waals surface area contributed by atoms with Gasteiger partial charge in [0.05, 0.1) is 11.4 Å². The highest BCUT2D eigenvalue weighted by Crippen LogP contribution is 2.16. The molecule has 6 nitrogen and oxygen atoms in total. The van der Waals surface area contributed by atoms with E-state index >= 15 is 0 Å². The third-order valence-corrected chi connectivity index (χ3v) is 3.55. The van der Waals surface area contributed by atoms with Crippen LogP contribution in [0.3, 0.4) is 0 Å². The lowest BCUT2D eigenvalue weighted by Gasteiger charge is -2.02. The molecule has 0 aliphatic rings. The molecule has 0 spiro atoms.